The van der Waals surface area contributed by atoms with Crippen molar-refractivity contribution in [1.29, 1.82) is 0 Å². The Hall–Kier alpha value is -1.20. The van der Waals surface area contributed by atoms with E-state index in [0.717, 1.165) is 20.7 Å². The highest BCUT2D eigenvalue weighted by atomic mass is 79.9. The summed E-state index contributed by atoms with van der Waals surface area (Å²) in [6.07, 6.45) is 1.63. The van der Waals surface area contributed by atoms with Crippen LogP contribution in [-0.2, 0) is 6.54 Å². The molecule has 0 aliphatic carbocycles. The Morgan fingerprint density at radius 3 is 2.79 bits per heavy atom. The van der Waals surface area contributed by atoms with E-state index in [1.807, 2.05) is 25.1 Å². The molecular formula is C14H14BrNO2S. The average molecular weight is 340 g/mol. The Labute approximate surface area is 126 Å². The van der Waals surface area contributed by atoms with Gasteiger partial charge in [0.1, 0.15) is 5.76 Å². The summed E-state index contributed by atoms with van der Waals surface area (Å²) in [5.41, 5.74) is 1.62. The van der Waals surface area contributed by atoms with Crippen LogP contribution in [0, 0.1) is 6.92 Å². The van der Waals surface area contributed by atoms with Crippen LogP contribution in [0.5, 0.6) is 0 Å². The first-order valence-corrected chi connectivity index (χ1v) is 7.00. The molecule has 0 N–H and O–H groups in total. The summed E-state index contributed by atoms with van der Waals surface area (Å²) in [7, 11) is 1.77. The zero-order valence-corrected chi connectivity index (χ0v) is 13.2. The maximum absolute atomic E-state index is 12.4. The summed E-state index contributed by atoms with van der Waals surface area (Å²) in [6.45, 7) is 2.41. The van der Waals surface area contributed by atoms with Gasteiger partial charge in [-0.25, -0.2) is 0 Å². The van der Waals surface area contributed by atoms with E-state index < -0.39 is 0 Å². The molecule has 100 valence electrons. The van der Waals surface area contributed by atoms with Gasteiger partial charge in [-0.2, -0.15) is 0 Å². The van der Waals surface area contributed by atoms with Gasteiger partial charge < -0.3 is 9.32 Å². The number of carbonyl (C=O) groups is 1. The number of furan rings is 1. The van der Waals surface area contributed by atoms with E-state index in [9.17, 15) is 4.79 Å². The number of carbonyl (C=O) groups excluding carboxylic acids is 1. The molecule has 0 spiro atoms. The quantitative estimate of drug-likeness (QED) is 0.860. The van der Waals surface area contributed by atoms with Crippen LogP contribution < -0.4 is 0 Å². The van der Waals surface area contributed by atoms with Crippen LogP contribution in [0.15, 0.2) is 44.3 Å². The molecule has 1 aromatic heterocycles. The van der Waals surface area contributed by atoms with E-state index >= 15 is 0 Å². The highest BCUT2D eigenvalue weighted by Crippen LogP contribution is 2.22. The standard InChI is InChI=1S/C14H14BrNO2S/c1-9-10(5-6-18-9)8-16(2)14(17)12-7-11(19)3-4-13(12)15/h3-7,19H,8H2,1-2H3. The number of hydrogen-bond donors (Lipinski definition) is 1. The van der Waals surface area contributed by atoms with Gasteiger partial charge in [-0.15, -0.1) is 12.6 Å². The predicted octanol–water partition coefficient (Wildman–Crippen LogP) is 3.91. The predicted molar refractivity (Wildman–Crippen MR) is 80.6 cm³/mol. The lowest BCUT2D eigenvalue weighted by Gasteiger charge is -2.18. The van der Waals surface area contributed by atoms with Gasteiger partial charge in [0.2, 0.25) is 0 Å². The van der Waals surface area contributed by atoms with Crippen LogP contribution >= 0.6 is 28.6 Å². The molecule has 0 saturated heterocycles. The molecule has 0 aliphatic heterocycles. The molecule has 0 fully saturated rings. The van der Waals surface area contributed by atoms with Crippen molar-refractivity contribution in [3.05, 3.63) is 51.9 Å². The first kappa shape index (κ1) is 14.2. The van der Waals surface area contributed by atoms with Gasteiger partial charge in [-0.1, -0.05) is 0 Å². The Morgan fingerprint density at radius 1 is 1.42 bits per heavy atom. The first-order valence-electron chi connectivity index (χ1n) is 5.76. The van der Waals surface area contributed by atoms with E-state index in [2.05, 4.69) is 28.6 Å². The van der Waals surface area contributed by atoms with Crippen LogP contribution in [-0.4, -0.2) is 17.9 Å². The van der Waals surface area contributed by atoms with Crippen LogP contribution in [0.3, 0.4) is 0 Å². The van der Waals surface area contributed by atoms with Gasteiger partial charge >= 0.3 is 0 Å². The Bertz CT molecular complexity index is 609. The fourth-order valence-electron chi connectivity index (χ4n) is 1.79. The molecule has 0 saturated carbocycles. The minimum absolute atomic E-state index is 0.0524. The molecular weight excluding hydrogens is 326 g/mol. The molecule has 3 nitrogen and oxygen atoms in total. The summed E-state index contributed by atoms with van der Waals surface area (Å²) in [6, 6.07) is 7.30. The largest absolute Gasteiger partial charge is 0.469 e. The second kappa shape index (κ2) is 5.84. The van der Waals surface area contributed by atoms with Crippen molar-refractivity contribution >= 4 is 34.5 Å². The van der Waals surface area contributed by atoms with E-state index in [0.29, 0.717) is 12.1 Å². The maximum atomic E-state index is 12.4. The van der Waals surface area contributed by atoms with Crippen LogP contribution in [0.25, 0.3) is 0 Å². The molecule has 0 aliphatic rings. The minimum atomic E-state index is -0.0524. The lowest BCUT2D eigenvalue weighted by atomic mass is 10.2. The lowest BCUT2D eigenvalue weighted by Crippen LogP contribution is -2.26. The number of hydrogen-bond acceptors (Lipinski definition) is 3. The fourth-order valence-corrected chi connectivity index (χ4v) is 2.41. The summed E-state index contributed by atoms with van der Waals surface area (Å²) < 4.78 is 6.00. The summed E-state index contributed by atoms with van der Waals surface area (Å²) >= 11 is 7.66. The smallest absolute Gasteiger partial charge is 0.255 e. The normalized spacial score (nSPS) is 10.5. The summed E-state index contributed by atoms with van der Waals surface area (Å²) in [5, 5.41) is 0. The summed E-state index contributed by atoms with van der Waals surface area (Å²) in [4.78, 5) is 14.8. The van der Waals surface area contributed by atoms with Crippen molar-refractivity contribution in [2.45, 2.75) is 18.4 Å². The van der Waals surface area contributed by atoms with Gasteiger partial charge in [0.05, 0.1) is 11.8 Å². The Balaban J connectivity index is 2.19. The van der Waals surface area contributed by atoms with E-state index in [1.54, 1.807) is 24.3 Å². The second-order valence-electron chi connectivity index (χ2n) is 4.33. The molecule has 1 heterocycles. The van der Waals surface area contributed by atoms with E-state index in [-0.39, 0.29) is 5.91 Å². The molecule has 19 heavy (non-hydrogen) atoms. The molecule has 1 aromatic carbocycles. The molecule has 5 heteroatoms. The molecule has 1 amide bonds. The maximum Gasteiger partial charge on any atom is 0.255 e. The van der Waals surface area contributed by atoms with E-state index in [1.165, 1.54) is 0 Å². The van der Waals surface area contributed by atoms with Gasteiger partial charge in [-0.3, -0.25) is 4.79 Å². The third-order valence-electron chi connectivity index (χ3n) is 2.90. The number of benzene rings is 1. The van der Waals surface area contributed by atoms with Crippen LogP contribution in [0.2, 0.25) is 0 Å². The average Bonchev–Trinajstić information content (AvgIpc) is 2.77. The van der Waals surface area contributed by atoms with E-state index in [4.69, 9.17) is 4.42 Å². The zero-order valence-electron chi connectivity index (χ0n) is 10.7. The molecule has 2 rings (SSSR count). The number of aryl methyl sites for hydroxylation is 1. The lowest BCUT2D eigenvalue weighted by molar-refractivity contribution is 0.0783. The van der Waals surface area contributed by atoms with Crippen molar-refractivity contribution in [1.82, 2.24) is 4.90 Å². The molecule has 0 radical (unpaired) electrons. The number of nitrogens with zero attached hydrogens (tertiary/aromatic N) is 1. The van der Waals surface area contributed by atoms with Crippen LogP contribution in [0.1, 0.15) is 21.7 Å². The van der Waals surface area contributed by atoms with Gasteiger partial charge in [0.25, 0.3) is 5.91 Å². The van der Waals surface area contributed by atoms with Crippen molar-refractivity contribution in [2.75, 3.05) is 7.05 Å². The molecule has 0 unspecified atom stereocenters. The molecule has 2 aromatic rings. The Kier molecular flexibility index (Phi) is 4.37. The monoisotopic (exact) mass is 339 g/mol. The summed E-state index contributed by atoms with van der Waals surface area (Å²) in [5.74, 6) is 0.782. The van der Waals surface area contributed by atoms with Crippen molar-refractivity contribution in [3.63, 3.8) is 0 Å². The molecule has 0 atom stereocenters. The first-order chi connectivity index (χ1) is 8.99. The van der Waals surface area contributed by atoms with Gasteiger partial charge in [-0.05, 0) is 47.1 Å². The van der Waals surface area contributed by atoms with Crippen molar-refractivity contribution in [3.8, 4) is 0 Å². The highest BCUT2D eigenvalue weighted by molar-refractivity contribution is 9.10. The second-order valence-corrected chi connectivity index (χ2v) is 5.70. The number of rotatable bonds is 3. The third kappa shape index (κ3) is 3.22. The zero-order chi connectivity index (χ0) is 14.0. The molecule has 0 bridgehead atoms. The Morgan fingerprint density at radius 2 is 2.16 bits per heavy atom. The number of halogens is 1. The number of thiol groups is 1. The topological polar surface area (TPSA) is 33.5 Å². The third-order valence-corrected chi connectivity index (χ3v) is 3.87. The van der Waals surface area contributed by atoms with Crippen molar-refractivity contribution < 1.29 is 9.21 Å². The van der Waals surface area contributed by atoms with Crippen molar-refractivity contribution in [2.24, 2.45) is 0 Å². The fraction of sp³-hybridized carbons (Fsp3) is 0.214. The minimum Gasteiger partial charge on any atom is -0.469 e. The van der Waals surface area contributed by atoms with Gasteiger partial charge in [0.15, 0.2) is 0 Å². The SMILES string of the molecule is Cc1occc1CN(C)C(=O)c1cc(S)ccc1Br. The van der Waals surface area contributed by atoms with Crippen LogP contribution in [0.4, 0.5) is 0 Å². The highest BCUT2D eigenvalue weighted by Gasteiger charge is 2.16. The number of amides is 1. The van der Waals surface area contributed by atoms with Gasteiger partial charge in [0, 0.05) is 28.5 Å².